The summed E-state index contributed by atoms with van der Waals surface area (Å²) in [5.74, 6) is 0.964. The van der Waals surface area contributed by atoms with Crippen molar-refractivity contribution >= 4 is 29.0 Å². The Bertz CT molecular complexity index is 287. The molecule has 0 bridgehead atoms. The van der Waals surface area contributed by atoms with Crippen molar-refractivity contribution in [2.24, 2.45) is 0 Å². The Hall–Kier alpha value is -0.740. The standard InChI is InChI=1S/C6H5Cl2N3O/c7-3-4(8)11-6-5(10-3)9-1-2-12-6/h1-2H2,(H,9,10). The van der Waals surface area contributed by atoms with E-state index < -0.39 is 0 Å². The summed E-state index contributed by atoms with van der Waals surface area (Å²) >= 11 is 11.3. The molecule has 1 N–H and O–H groups in total. The van der Waals surface area contributed by atoms with Gasteiger partial charge < -0.3 is 10.1 Å². The second kappa shape index (κ2) is 2.95. The first-order valence-electron chi connectivity index (χ1n) is 3.37. The summed E-state index contributed by atoms with van der Waals surface area (Å²) in [4.78, 5) is 7.85. The molecule has 2 heterocycles. The van der Waals surface area contributed by atoms with Gasteiger partial charge in [0.25, 0.3) is 5.88 Å². The third kappa shape index (κ3) is 1.28. The summed E-state index contributed by atoms with van der Waals surface area (Å²) in [6.07, 6.45) is 0. The zero-order chi connectivity index (χ0) is 8.55. The first-order chi connectivity index (χ1) is 5.77. The molecule has 1 aliphatic rings. The molecule has 0 radical (unpaired) electrons. The van der Waals surface area contributed by atoms with Crippen LogP contribution in [0.2, 0.25) is 10.3 Å². The van der Waals surface area contributed by atoms with Crippen molar-refractivity contribution in [3.05, 3.63) is 10.3 Å². The molecule has 0 spiro atoms. The molecule has 4 nitrogen and oxygen atoms in total. The molecule has 6 heteroatoms. The van der Waals surface area contributed by atoms with Gasteiger partial charge in [0.2, 0.25) is 0 Å². The van der Waals surface area contributed by atoms with Crippen molar-refractivity contribution < 1.29 is 4.74 Å². The van der Waals surface area contributed by atoms with Gasteiger partial charge in [-0.2, -0.15) is 4.98 Å². The molecule has 64 valence electrons. The minimum atomic E-state index is 0.166. The molecule has 0 unspecified atom stereocenters. The Morgan fingerprint density at radius 2 is 2.00 bits per heavy atom. The number of aromatic nitrogens is 2. The van der Waals surface area contributed by atoms with Crippen LogP contribution in [0.3, 0.4) is 0 Å². The van der Waals surface area contributed by atoms with Crippen LogP contribution in [0.4, 0.5) is 5.82 Å². The summed E-state index contributed by atoms with van der Waals surface area (Å²) in [6, 6.07) is 0. The Morgan fingerprint density at radius 3 is 2.83 bits per heavy atom. The van der Waals surface area contributed by atoms with Crippen LogP contribution in [-0.2, 0) is 0 Å². The molecule has 2 rings (SSSR count). The second-order valence-electron chi connectivity index (χ2n) is 2.23. The fraction of sp³-hybridized carbons (Fsp3) is 0.333. The maximum Gasteiger partial charge on any atom is 0.259 e. The third-order valence-corrected chi connectivity index (χ3v) is 2.04. The summed E-state index contributed by atoms with van der Waals surface area (Å²) in [5, 5.41) is 3.34. The topological polar surface area (TPSA) is 47.0 Å². The van der Waals surface area contributed by atoms with E-state index in [2.05, 4.69) is 15.3 Å². The van der Waals surface area contributed by atoms with Crippen LogP contribution in [0.5, 0.6) is 5.88 Å². The number of fused-ring (bicyclic) bond motifs is 1. The van der Waals surface area contributed by atoms with Gasteiger partial charge in [-0.05, 0) is 0 Å². The summed E-state index contributed by atoms with van der Waals surface area (Å²) in [5.41, 5.74) is 0. The fourth-order valence-corrected chi connectivity index (χ4v) is 1.16. The lowest BCUT2D eigenvalue weighted by atomic mass is 10.5. The third-order valence-electron chi connectivity index (χ3n) is 1.42. The second-order valence-corrected chi connectivity index (χ2v) is 2.95. The van der Waals surface area contributed by atoms with E-state index in [0.717, 1.165) is 0 Å². The molecular weight excluding hydrogens is 201 g/mol. The number of rotatable bonds is 0. The Morgan fingerprint density at radius 1 is 1.25 bits per heavy atom. The highest BCUT2D eigenvalue weighted by molar-refractivity contribution is 6.40. The summed E-state index contributed by atoms with van der Waals surface area (Å²) in [7, 11) is 0. The van der Waals surface area contributed by atoms with Crippen molar-refractivity contribution in [1.82, 2.24) is 9.97 Å². The number of nitrogens with zero attached hydrogens (tertiary/aromatic N) is 2. The molecular formula is C6H5Cl2N3O. The maximum atomic E-state index is 5.64. The van der Waals surface area contributed by atoms with Crippen LogP contribution in [0.15, 0.2) is 0 Å². The summed E-state index contributed by atoms with van der Waals surface area (Å²) in [6.45, 7) is 1.28. The molecule has 0 aliphatic carbocycles. The van der Waals surface area contributed by atoms with Gasteiger partial charge >= 0.3 is 0 Å². The summed E-state index contributed by atoms with van der Waals surface area (Å²) < 4.78 is 5.18. The Kier molecular flexibility index (Phi) is 1.94. The predicted molar refractivity (Wildman–Crippen MR) is 46.0 cm³/mol. The van der Waals surface area contributed by atoms with E-state index in [4.69, 9.17) is 27.9 Å². The Balaban J connectivity index is 2.49. The molecule has 0 atom stereocenters. The first kappa shape index (κ1) is 7.89. The van der Waals surface area contributed by atoms with Crippen molar-refractivity contribution in [2.45, 2.75) is 0 Å². The maximum absolute atomic E-state index is 5.64. The number of ether oxygens (including phenoxy) is 1. The van der Waals surface area contributed by atoms with E-state index >= 15 is 0 Å². The zero-order valence-corrected chi connectivity index (χ0v) is 7.48. The number of hydrogen-bond acceptors (Lipinski definition) is 4. The molecule has 12 heavy (non-hydrogen) atoms. The van der Waals surface area contributed by atoms with Crippen molar-refractivity contribution in [3.8, 4) is 5.88 Å². The van der Waals surface area contributed by atoms with Crippen molar-refractivity contribution in [1.29, 1.82) is 0 Å². The smallest absolute Gasteiger partial charge is 0.259 e. The molecule has 0 saturated heterocycles. The van der Waals surface area contributed by atoms with Gasteiger partial charge in [0.15, 0.2) is 16.1 Å². The average molecular weight is 206 g/mol. The van der Waals surface area contributed by atoms with E-state index in [0.29, 0.717) is 24.8 Å². The van der Waals surface area contributed by atoms with Crippen LogP contribution in [0, 0.1) is 0 Å². The van der Waals surface area contributed by atoms with Gasteiger partial charge in [0.05, 0.1) is 6.54 Å². The SMILES string of the molecule is Clc1nc2c(nc1Cl)OCCN2. The lowest BCUT2D eigenvalue weighted by molar-refractivity contribution is 0.308. The fourth-order valence-electron chi connectivity index (χ4n) is 0.913. The number of hydrogen-bond donors (Lipinski definition) is 1. The highest BCUT2D eigenvalue weighted by Gasteiger charge is 2.15. The van der Waals surface area contributed by atoms with Crippen LogP contribution in [0.25, 0.3) is 0 Å². The molecule has 0 fully saturated rings. The van der Waals surface area contributed by atoms with Crippen LogP contribution in [0.1, 0.15) is 0 Å². The minimum absolute atomic E-state index is 0.166. The van der Waals surface area contributed by atoms with Crippen LogP contribution >= 0.6 is 23.2 Å². The average Bonchev–Trinajstić information content (AvgIpc) is 2.07. The van der Waals surface area contributed by atoms with Gasteiger partial charge in [-0.1, -0.05) is 23.2 Å². The van der Waals surface area contributed by atoms with Gasteiger partial charge in [0.1, 0.15) is 6.61 Å². The van der Waals surface area contributed by atoms with E-state index in [-0.39, 0.29) is 10.3 Å². The molecule has 0 saturated carbocycles. The van der Waals surface area contributed by atoms with Gasteiger partial charge in [0, 0.05) is 0 Å². The van der Waals surface area contributed by atoms with E-state index in [9.17, 15) is 0 Å². The minimum Gasteiger partial charge on any atom is -0.473 e. The lowest BCUT2D eigenvalue weighted by Gasteiger charge is -2.16. The van der Waals surface area contributed by atoms with Gasteiger partial charge in [-0.15, -0.1) is 0 Å². The molecule has 0 amide bonds. The number of anilines is 1. The molecule has 1 aromatic rings. The normalized spacial score (nSPS) is 14.5. The van der Waals surface area contributed by atoms with E-state index in [1.54, 1.807) is 0 Å². The number of halogens is 2. The van der Waals surface area contributed by atoms with Gasteiger partial charge in [-0.3, -0.25) is 0 Å². The highest BCUT2D eigenvalue weighted by atomic mass is 35.5. The van der Waals surface area contributed by atoms with Crippen molar-refractivity contribution in [2.75, 3.05) is 18.5 Å². The monoisotopic (exact) mass is 205 g/mol. The predicted octanol–water partition coefficient (Wildman–Crippen LogP) is 1.59. The highest BCUT2D eigenvalue weighted by Crippen LogP contribution is 2.28. The van der Waals surface area contributed by atoms with Crippen molar-refractivity contribution in [3.63, 3.8) is 0 Å². The molecule has 1 aromatic heterocycles. The van der Waals surface area contributed by atoms with E-state index in [1.165, 1.54) is 0 Å². The molecule has 1 aliphatic heterocycles. The van der Waals surface area contributed by atoms with Crippen LogP contribution < -0.4 is 10.1 Å². The van der Waals surface area contributed by atoms with Gasteiger partial charge in [-0.25, -0.2) is 4.98 Å². The van der Waals surface area contributed by atoms with E-state index in [1.807, 2.05) is 0 Å². The number of nitrogens with one attached hydrogen (secondary N) is 1. The quantitative estimate of drug-likeness (QED) is 0.700. The first-order valence-corrected chi connectivity index (χ1v) is 4.12. The lowest BCUT2D eigenvalue weighted by Crippen LogP contribution is -2.20. The molecule has 0 aromatic carbocycles. The van der Waals surface area contributed by atoms with Crippen LogP contribution in [-0.4, -0.2) is 23.1 Å². The zero-order valence-electron chi connectivity index (χ0n) is 5.97. The largest absolute Gasteiger partial charge is 0.473 e. The Labute approximate surface area is 78.9 Å².